The Morgan fingerprint density at radius 2 is 2.12 bits per heavy atom. The zero-order valence-electron chi connectivity index (χ0n) is 9.97. The smallest absolute Gasteiger partial charge is 0.213 e. The van der Waals surface area contributed by atoms with Crippen LogP contribution in [0.25, 0.3) is 0 Å². The van der Waals surface area contributed by atoms with Crippen LogP contribution in [0.5, 0.6) is 0 Å². The van der Waals surface area contributed by atoms with Crippen LogP contribution < -0.4 is 5.32 Å². The summed E-state index contributed by atoms with van der Waals surface area (Å²) in [5, 5.41) is 7.22. The Bertz CT molecular complexity index is 413. The molecule has 0 fully saturated rings. The van der Waals surface area contributed by atoms with Crippen LogP contribution >= 0.6 is 0 Å². The van der Waals surface area contributed by atoms with Crippen molar-refractivity contribution in [2.75, 3.05) is 0 Å². The fourth-order valence-electron chi connectivity index (χ4n) is 1.77. The van der Waals surface area contributed by atoms with Crippen LogP contribution in [0.4, 0.5) is 0 Å². The zero-order chi connectivity index (χ0) is 11.9. The van der Waals surface area contributed by atoms with E-state index in [0.29, 0.717) is 18.4 Å². The second-order valence-electron chi connectivity index (χ2n) is 4.02. The van der Waals surface area contributed by atoms with Gasteiger partial charge in [-0.3, -0.25) is 0 Å². The first-order valence-corrected chi connectivity index (χ1v) is 5.91. The summed E-state index contributed by atoms with van der Waals surface area (Å²) in [4.78, 5) is 3.99. The maximum Gasteiger partial charge on any atom is 0.213 e. The summed E-state index contributed by atoms with van der Waals surface area (Å²) in [6, 6.07) is 10.9. The highest BCUT2D eigenvalue weighted by Crippen LogP contribution is 2.06. The second-order valence-corrected chi connectivity index (χ2v) is 4.02. The minimum atomic E-state index is 0.441. The van der Waals surface area contributed by atoms with E-state index in [-0.39, 0.29) is 0 Å². The van der Waals surface area contributed by atoms with Crippen molar-refractivity contribution in [3.8, 4) is 0 Å². The minimum absolute atomic E-state index is 0.441. The molecular weight excluding hydrogens is 214 g/mol. The number of hydrogen-bond donors (Lipinski definition) is 1. The Morgan fingerprint density at radius 1 is 1.29 bits per heavy atom. The van der Waals surface area contributed by atoms with E-state index in [2.05, 4.69) is 46.6 Å². The summed E-state index contributed by atoms with van der Waals surface area (Å²) < 4.78 is 4.70. The van der Waals surface area contributed by atoms with Gasteiger partial charge in [-0.15, -0.1) is 0 Å². The van der Waals surface area contributed by atoms with E-state index < -0.39 is 0 Å². The van der Waals surface area contributed by atoms with E-state index >= 15 is 0 Å². The number of aromatic nitrogens is 2. The summed E-state index contributed by atoms with van der Waals surface area (Å²) in [5.74, 6) is 0.705. The first-order chi connectivity index (χ1) is 8.38. The summed E-state index contributed by atoms with van der Waals surface area (Å²) >= 11 is 0. The lowest BCUT2D eigenvalue weighted by molar-refractivity contribution is 0.402. The Morgan fingerprint density at radius 3 is 2.76 bits per heavy atom. The molecule has 0 saturated heterocycles. The third kappa shape index (κ3) is 3.67. The van der Waals surface area contributed by atoms with E-state index in [1.165, 1.54) is 12.0 Å². The van der Waals surface area contributed by atoms with Crippen LogP contribution in [0.15, 0.2) is 41.2 Å². The van der Waals surface area contributed by atoms with Crippen molar-refractivity contribution in [3.05, 3.63) is 48.1 Å². The lowest BCUT2D eigenvalue weighted by atomic mass is 10.0. The van der Waals surface area contributed by atoms with Gasteiger partial charge in [-0.05, 0) is 18.4 Å². The average molecular weight is 231 g/mol. The summed E-state index contributed by atoms with van der Waals surface area (Å²) in [7, 11) is 0. The van der Waals surface area contributed by atoms with Gasteiger partial charge >= 0.3 is 0 Å². The van der Waals surface area contributed by atoms with E-state index in [0.717, 1.165) is 12.8 Å². The van der Waals surface area contributed by atoms with Crippen molar-refractivity contribution in [3.63, 3.8) is 0 Å². The molecule has 1 N–H and O–H groups in total. The molecule has 1 heterocycles. The molecule has 4 nitrogen and oxygen atoms in total. The van der Waals surface area contributed by atoms with E-state index in [1.807, 2.05) is 6.07 Å². The fourth-order valence-corrected chi connectivity index (χ4v) is 1.77. The molecule has 0 aliphatic carbocycles. The van der Waals surface area contributed by atoms with Crippen molar-refractivity contribution in [2.24, 2.45) is 0 Å². The fraction of sp³-hybridized carbons (Fsp3) is 0.385. The molecule has 4 heteroatoms. The van der Waals surface area contributed by atoms with Gasteiger partial charge in [0.25, 0.3) is 0 Å². The first-order valence-electron chi connectivity index (χ1n) is 5.91. The quantitative estimate of drug-likeness (QED) is 0.828. The van der Waals surface area contributed by atoms with Crippen LogP contribution in [0, 0.1) is 0 Å². The highest BCUT2D eigenvalue weighted by atomic mass is 16.5. The third-order valence-corrected chi connectivity index (χ3v) is 2.77. The lowest BCUT2D eigenvalue weighted by Gasteiger charge is -2.15. The molecule has 17 heavy (non-hydrogen) atoms. The van der Waals surface area contributed by atoms with Gasteiger partial charge in [0.2, 0.25) is 6.39 Å². The van der Waals surface area contributed by atoms with Crippen molar-refractivity contribution in [1.82, 2.24) is 15.5 Å². The van der Waals surface area contributed by atoms with Crippen LogP contribution in [-0.4, -0.2) is 16.2 Å². The molecule has 90 valence electrons. The SMILES string of the molecule is CCC(Cc1ccccc1)NCc1ncon1. The molecule has 0 spiro atoms. The van der Waals surface area contributed by atoms with Crippen LogP contribution in [0.1, 0.15) is 24.7 Å². The Kier molecular flexibility index (Phi) is 4.27. The molecule has 1 atom stereocenters. The van der Waals surface area contributed by atoms with Crippen molar-refractivity contribution < 1.29 is 4.52 Å². The van der Waals surface area contributed by atoms with Crippen LogP contribution in [-0.2, 0) is 13.0 Å². The third-order valence-electron chi connectivity index (χ3n) is 2.77. The Labute approximate surface area is 101 Å². The Hall–Kier alpha value is -1.68. The number of nitrogens with zero attached hydrogens (tertiary/aromatic N) is 2. The number of hydrogen-bond acceptors (Lipinski definition) is 4. The molecule has 0 radical (unpaired) electrons. The summed E-state index contributed by atoms with van der Waals surface area (Å²) in [5.41, 5.74) is 1.35. The number of nitrogens with one attached hydrogen (secondary N) is 1. The lowest BCUT2D eigenvalue weighted by Crippen LogP contribution is -2.30. The molecule has 1 unspecified atom stereocenters. The molecule has 1 aromatic heterocycles. The normalized spacial score (nSPS) is 12.5. The predicted octanol–water partition coefficient (Wildman–Crippen LogP) is 2.18. The second kappa shape index (κ2) is 6.15. The topological polar surface area (TPSA) is 51.0 Å². The van der Waals surface area contributed by atoms with Gasteiger partial charge in [0.15, 0.2) is 5.82 Å². The van der Waals surface area contributed by atoms with Crippen molar-refractivity contribution in [1.29, 1.82) is 0 Å². The molecule has 1 aromatic carbocycles. The van der Waals surface area contributed by atoms with E-state index in [9.17, 15) is 0 Å². The average Bonchev–Trinajstić information content (AvgIpc) is 2.89. The molecule has 2 rings (SSSR count). The molecule has 2 aromatic rings. The predicted molar refractivity (Wildman–Crippen MR) is 65.4 cm³/mol. The molecule has 0 bridgehead atoms. The van der Waals surface area contributed by atoms with Gasteiger partial charge in [0.05, 0.1) is 6.54 Å². The molecular formula is C13H17N3O. The molecule has 0 amide bonds. The summed E-state index contributed by atoms with van der Waals surface area (Å²) in [6.07, 6.45) is 3.46. The zero-order valence-corrected chi connectivity index (χ0v) is 9.97. The number of benzene rings is 1. The van der Waals surface area contributed by atoms with Gasteiger partial charge in [-0.25, -0.2) is 0 Å². The maximum absolute atomic E-state index is 4.70. The highest BCUT2D eigenvalue weighted by Gasteiger charge is 2.08. The maximum atomic E-state index is 4.70. The van der Waals surface area contributed by atoms with Gasteiger partial charge in [0, 0.05) is 6.04 Å². The minimum Gasteiger partial charge on any atom is -0.343 e. The molecule has 0 aliphatic heterocycles. The van der Waals surface area contributed by atoms with Gasteiger partial charge in [0.1, 0.15) is 0 Å². The number of rotatable bonds is 6. The monoisotopic (exact) mass is 231 g/mol. The Balaban J connectivity index is 1.85. The van der Waals surface area contributed by atoms with Gasteiger partial charge in [-0.2, -0.15) is 4.98 Å². The first kappa shape index (κ1) is 11.8. The standard InChI is InChI=1S/C13H17N3O/c1-2-12(8-11-6-4-3-5-7-11)14-9-13-15-10-17-16-13/h3-7,10,12,14H,2,8-9H2,1H3. The largest absolute Gasteiger partial charge is 0.343 e. The van der Waals surface area contributed by atoms with E-state index in [4.69, 9.17) is 4.52 Å². The van der Waals surface area contributed by atoms with E-state index in [1.54, 1.807) is 0 Å². The van der Waals surface area contributed by atoms with Gasteiger partial charge < -0.3 is 9.84 Å². The van der Waals surface area contributed by atoms with Crippen LogP contribution in [0.3, 0.4) is 0 Å². The molecule has 0 aliphatic rings. The van der Waals surface area contributed by atoms with Gasteiger partial charge in [-0.1, -0.05) is 42.4 Å². The van der Waals surface area contributed by atoms with Crippen LogP contribution in [0.2, 0.25) is 0 Å². The van der Waals surface area contributed by atoms with Crippen molar-refractivity contribution in [2.45, 2.75) is 32.4 Å². The molecule has 0 saturated carbocycles. The van der Waals surface area contributed by atoms with Crippen molar-refractivity contribution >= 4 is 0 Å². The highest BCUT2D eigenvalue weighted by molar-refractivity contribution is 5.15. The summed E-state index contributed by atoms with van der Waals surface area (Å²) in [6.45, 7) is 2.83.